The summed E-state index contributed by atoms with van der Waals surface area (Å²) in [5, 5.41) is 0.437. The Labute approximate surface area is 81.5 Å². The quantitative estimate of drug-likeness (QED) is 0.446. The second kappa shape index (κ2) is 3.38. The van der Waals surface area contributed by atoms with E-state index in [1.165, 1.54) is 0 Å². The molecule has 1 rings (SSSR count). The Morgan fingerprint density at radius 2 is 1.90 bits per heavy atom. The third-order valence-corrected chi connectivity index (χ3v) is 2.61. The molecule has 0 N–H and O–H groups in total. The van der Waals surface area contributed by atoms with E-state index >= 15 is 0 Å². The summed E-state index contributed by atoms with van der Waals surface area (Å²) in [5.41, 5.74) is -0.379. The first-order valence-corrected chi connectivity index (χ1v) is 4.27. The van der Waals surface area contributed by atoms with E-state index in [2.05, 4.69) is 56.6 Å². The van der Waals surface area contributed by atoms with Gasteiger partial charge in [-0.3, -0.25) is 0 Å². The Bertz CT molecular complexity index is 208. The van der Waals surface area contributed by atoms with Gasteiger partial charge in [-0.2, -0.15) is 0 Å². The molecule has 0 aliphatic carbocycles. The van der Waals surface area contributed by atoms with Gasteiger partial charge in [0.15, 0.2) is 10.5 Å². The molecule has 0 saturated carbocycles. The van der Waals surface area contributed by atoms with Gasteiger partial charge in [0, 0.05) is 11.0 Å². The van der Waals surface area contributed by atoms with E-state index in [4.69, 9.17) is 4.74 Å². The summed E-state index contributed by atoms with van der Waals surface area (Å²) in [5.74, 6) is 0. The Morgan fingerprint density at radius 3 is 2.40 bits per heavy atom. The van der Waals surface area contributed by atoms with Crippen LogP contribution in [0.3, 0.4) is 0 Å². The smallest absolute Gasteiger partial charge is 0.169 e. The molecule has 1 heterocycles. The lowest BCUT2D eigenvalue weighted by Gasteiger charge is -2.17. The molecule has 0 aromatic carbocycles. The number of hydrogen-bond donors (Lipinski definition) is 4. The summed E-state index contributed by atoms with van der Waals surface area (Å²) >= 11 is 16.1. The van der Waals surface area contributed by atoms with Crippen molar-refractivity contribution in [2.45, 2.75) is 5.44 Å². The van der Waals surface area contributed by atoms with Crippen LogP contribution in [-0.4, -0.2) is 5.44 Å². The number of ether oxygens (including phenoxy) is 1. The number of rotatable bonds is 0. The van der Waals surface area contributed by atoms with Gasteiger partial charge in [-0.1, -0.05) is 0 Å². The third kappa shape index (κ3) is 1.84. The van der Waals surface area contributed by atoms with E-state index in [1.54, 1.807) is 0 Å². The van der Waals surface area contributed by atoms with Crippen molar-refractivity contribution in [3.63, 3.8) is 0 Å². The molecule has 0 spiro atoms. The van der Waals surface area contributed by atoms with Crippen molar-refractivity contribution in [3.8, 4) is 0 Å². The van der Waals surface area contributed by atoms with Crippen LogP contribution in [0.5, 0.6) is 0 Å². The zero-order chi connectivity index (χ0) is 7.72. The van der Waals surface area contributed by atoms with Crippen LogP contribution in [0, 0.1) is 6.08 Å². The standard InChI is InChI=1S/C5H5OS4/c7-2-1-3(8)6-5(10)4(2)9/h3,7-10H. The summed E-state index contributed by atoms with van der Waals surface area (Å²) in [6, 6.07) is 0. The van der Waals surface area contributed by atoms with Crippen molar-refractivity contribution < 1.29 is 4.74 Å². The summed E-state index contributed by atoms with van der Waals surface area (Å²) in [6.07, 6.45) is 2.80. The molecular formula is C5H5OS4. The zero-order valence-corrected chi connectivity index (χ0v) is 8.35. The van der Waals surface area contributed by atoms with Crippen LogP contribution in [0.2, 0.25) is 0 Å². The monoisotopic (exact) mass is 209 g/mol. The number of hydrogen-bond acceptors (Lipinski definition) is 5. The highest BCUT2D eigenvalue weighted by molar-refractivity contribution is 7.92. The second-order valence-corrected chi connectivity index (χ2v) is 3.39. The van der Waals surface area contributed by atoms with Crippen molar-refractivity contribution in [1.29, 1.82) is 0 Å². The fourth-order valence-corrected chi connectivity index (χ4v) is 1.54. The minimum atomic E-state index is -0.379. The van der Waals surface area contributed by atoms with Gasteiger partial charge in [0.2, 0.25) is 0 Å². The fraction of sp³-hybridized carbons (Fsp3) is 0.200. The van der Waals surface area contributed by atoms with Crippen LogP contribution in [0.1, 0.15) is 0 Å². The summed E-state index contributed by atoms with van der Waals surface area (Å²) in [4.78, 5) is 1.22. The lowest BCUT2D eigenvalue weighted by Crippen LogP contribution is -2.06. The molecule has 0 amide bonds. The van der Waals surface area contributed by atoms with Gasteiger partial charge in [0.1, 0.15) is 0 Å². The molecular weight excluding hydrogens is 204 g/mol. The first kappa shape index (κ1) is 8.77. The van der Waals surface area contributed by atoms with Gasteiger partial charge < -0.3 is 4.74 Å². The average molecular weight is 209 g/mol. The Hall–Kier alpha value is 0.680. The van der Waals surface area contributed by atoms with Gasteiger partial charge in [0.25, 0.3) is 0 Å². The molecule has 0 saturated heterocycles. The van der Waals surface area contributed by atoms with Crippen molar-refractivity contribution >= 4 is 50.5 Å². The van der Waals surface area contributed by atoms with Crippen LogP contribution in [0.15, 0.2) is 14.9 Å². The minimum absolute atomic E-state index is 0.379. The third-order valence-electron chi connectivity index (χ3n) is 0.910. The van der Waals surface area contributed by atoms with E-state index in [-0.39, 0.29) is 5.44 Å². The molecule has 1 unspecified atom stereocenters. The van der Waals surface area contributed by atoms with Gasteiger partial charge in [-0.15, -0.1) is 50.5 Å². The predicted molar refractivity (Wildman–Crippen MR) is 54.6 cm³/mol. The SMILES string of the molecule is SC1=[C]C(S)OC(S)=C1S. The molecule has 0 aromatic rings. The molecule has 0 aromatic heterocycles. The van der Waals surface area contributed by atoms with Crippen molar-refractivity contribution in [2.75, 3.05) is 0 Å². The Balaban J connectivity index is 2.90. The fourth-order valence-electron chi connectivity index (χ4n) is 0.478. The molecule has 5 heteroatoms. The Morgan fingerprint density at radius 1 is 1.30 bits per heavy atom. The number of thiol groups is 4. The van der Waals surface area contributed by atoms with E-state index < -0.39 is 0 Å². The molecule has 1 radical (unpaired) electrons. The maximum absolute atomic E-state index is 5.02. The lowest BCUT2D eigenvalue weighted by molar-refractivity contribution is 0.241. The van der Waals surface area contributed by atoms with Gasteiger partial charge in [-0.05, 0) is 0 Å². The van der Waals surface area contributed by atoms with Crippen molar-refractivity contribution in [1.82, 2.24) is 0 Å². The van der Waals surface area contributed by atoms with Crippen LogP contribution in [0.25, 0.3) is 0 Å². The average Bonchev–Trinajstić information content (AvgIpc) is 1.82. The largest absolute Gasteiger partial charge is 0.468 e. The van der Waals surface area contributed by atoms with Crippen LogP contribution < -0.4 is 0 Å². The van der Waals surface area contributed by atoms with Crippen LogP contribution in [-0.2, 0) is 4.74 Å². The summed E-state index contributed by atoms with van der Waals surface area (Å²) in [6.45, 7) is 0. The topological polar surface area (TPSA) is 9.23 Å². The molecule has 55 valence electrons. The molecule has 0 fully saturated rings. The van der Waals surface area contributed by atoms with E-state index in [0.29, 0.717) is 14.9 Å². The van der Waals surface area contributed by atoms with E-state index in [0.717, 1.165) is 0 Å². The van der Waals surface area contributed by atoms with Crippen LogP contribution in [0.4, 0.5) is 0 Å². The first-order valence-electron chi connectivity index (χ1n) is 2.41. The highest BCUT2D eigenvalue weighted by Crippen LogP contribution is 2.31. The first-order chi connectivity index (χ1) is 4.61. The predicted octanol–water partition coefficient (Wildman–Crippen LogP) is 1.92. The van der Waals surface area contributed by atoms with Crippen LogP contribution >= 0.6 is 50.5 Å². The molecule has 1 aliphatic rings. The van der Waals surface area contributed by atoms with Gasteiger partial charge >= 0.3 is 0 Å². The van der Waals surface area contributed by atoms with Gasteiger partial charge in [-0.25, -0.2) is 0 Å². The lowest BCUT2D eigenvalue weighted by atomic mass is 10.4. The summed E-state index contributed by atoms with van der Waals surface area (Å²) < 4.78 is 5.02. The molecule has 10 heavy (non-hydrogen) atoms. The second-order valence-electron chi connectivity index (χ2n) is 1.62. The minimum Gasteiger partial charge on any atom is -0.468 e. The molecule has 0 bridgehead atoms. The maximum Gasteiger partial charge on any atom is 0.169 e. The molecule has 1 aliphatic heterocycles. The molecule has 1 nitrogen and oxygen atoms in total. The Kier molecular flexibility index (Phi) is 2.97. The highest BCUT2D eigenvalue weighted by Gasteiger charge is 2.14. The van der Waals surface area contributed by atoms with Gasteiger partial charge in [0.05, 0.1) is 4.91 Å². The van der Waals surface area contributed by atoms with E-state index in [1.807, 2.05) is 0 Å². The zero-order valence-electron chi connectivity index (χ0n) is 4.77. The normalized spacial score (nSPS) is 26.0. The maximum atomic E-state index is 5.02. The highest BCUT2D eigenvalue weighted by atomic mass is 32.1. The summed E-state index contributed by atoms with van der Waals surface area (Å²) in [7, 11) is 0. The van der Waals surface area contributed by atoms with Crippen molar-refractivity contribution in [2.24, 2.45) is 0 Å². The van der Waals surface area contributed by atoms with E-state index in [9.17, 15) is 0 Å². The molecule has 1 atom stereocenters. The van der Waals surface area contributed by atoms with Crippen molar-refractivity contribution in [3.05, 3.63) is 21.0 Å².